The second-order valence-electron chi connectivity index (χ2n) is 4.56. The number of nitrogen functional groups attached to an aromatic ring is 1. The number of aromatic nitrogens is 2. The minimum absolute atomic E-state index is 0.330. The van der Waals surface area contributed by atoms with Gasteiger partial charge in [-0.15, -0.1) is 0 Å². The average molecular weight is 290 g/mol. The molecular formula is C15H13ClFN3. The van der Waals surface area contributed by atoms with Crippen LogP contribution in [0.2, 0.25) is 5.02 Å². The SMILES string of the molecule is CCc1nc2cc(N)ccc2n1-c1cc(F)ccc1Cl. The molecule has 3 rings (SSSR count). The van der Waals surface area contributed by atoms with E-state index in [2.05, 4.69) is 4.98 Å². The van der Waals surface area contributed by atoms with E-state index in [1.54, 1.807) is 18.2 Å². The number of nitrogens with zero attached hydrogens (tertiary/aromatic N) is 2. The number of benzene rings is 2. The van der Waals surface area contributed by atoms with E-state index < -0.39 is 0 Å². The average Bonchev–Trinajstić information content (AvgIpc) is 2.78. The third-order valence-electron chi connectivity index (χ3n) is 3.21. The molecule has 3 nitrogen and oxygen atoms in total. The summed E-state index contributed by atoms with van der Waals surface area (Å²) in [4.78, 5) is 4.54. The highest BCUT2D eigenvalue weighted by atomic mass is 35.5. The third kappa shape index (κ3) is 2.02. The Morgan fingerprint density at radius 1 is 1.25 bits per heavy atom. The molecule has 3 aromatic rings. The van der Waals surface area contributed by atoms with E-state index in [-0.39, 0.29) is 5.82 Å². The van der Waals surface area contributed by atoms with Crippen molar-refractivity contribution in [3.8, 4) is 5.69 Å². The van der Waals surface area contributed by atoms with E-state index in [1.807, 2.05) is 17.6 Å². The summed E-state index contributed by atoms with van der Waals surface area (Å²) in [5.41, 5.74) is 8.67. The molecular weight excluding hydrogens is 277 g/mol. The fourth-order valence-electron chi connectivity index (χ4n) is 2.31. The molecule has 0 saturated heterocycles. The van der Waals surface area contributed by atoms with Gasteiger partial charge in [0.2, 0.25) is 0 Å². The number of aryl methyl sites for hydroxylation is 1. The number of fused-ring (bicyclic) bond motifs is 1. The molecule has 2 aromatic carbocycles. The number of halogens is 2. The molecule has 1 aromatic heterocycles. The van der Waals surface area contributed by atoms with Crippen LogP contribution >= 0.6 is 11.6 Å². The van der Waals surface area contributed by atoms with Gasteiger partial charge in [-0.25, -0.2) is 9.37 Å². The van der Waals surface area contributed by atoms with Gasteiger partial charge in [-0.2, -0.15) is 0 Å². The van der Waals surface area contributed by atoms with Crippen molar-refractivity contribution in [3.05, 3.63) is 53.1 Å². The number of nitrogens with two attached hydrogens (primary N) is 1. The van der Waals surface area contributed by atoms with Crippen LogP contribution in [0.1, 0.15) is 12.7 Å². The normalized spacial score (nSPS) is 11.2. The smallest absolute Gasteiger partial charge is 0.125 e. The quantitative estimate of drug-likeness (QED) is 0.726. The summed E-state index contributed by atoms with van der Waals surface area (Å²) < 4.78 is 15.4. The fraction of sp³-hybridized carbons (Fsp3) is 0.133. The molecule has 0 fully saturated rings. The van der Waals surface area contributed by atoms with Crippen molar-refractivity contribution in [2.24, 2.45) is 0 Å². The van der Waals surface area contributed by atoms with Crippen molar-refractivity contribution in [2.45, 2.75) is 13.3 Å². The van der Waals surface area contributed by atoms with E-state index >= 15 is 0 Å². The lowest BCUT2D eigenvalue weighted by atomic mass is 10.2. The van der Waals surface area contributed by atoms with E-state index in [1.165, 1.54) is 12.1 Å². The van der Waals surface area contributed by atoms with Gasteiger partial charge in [0.05, 0.1) is 21.7 Å². The minimum Gasteiger partial charge on any atom is -0.399 e. The molecule has 0 spiro atoms. The predicted molar refractivity (Wildman–Crippen MR) is 79.8 cm³/mol. The van der Waals surface area contributed by atoms with Crippen molar-refractivity contribution in [1.82, 2.24) is 9.55 Å². The summed E-state index contributed by atoms with van der Waals surface area (Å²) in [6.45, 7) is 1.99. The van der Waals surface area contributed by atoms with Crippen molar-refractivity contribution in [1.29, 1.82) is 0 Å². The molecule has 0 aliphatic rings. The number of rotatable bonds is 2. The van der Waals surface area contributed by atoms with Gasteiger partial charge in [-0.3, -0.25) is 4.57 Å². The van der Waals surface area contributed by atoms with Gasteiger partial charge in [0.25, 0.3) is 0 Å². The number of hydrogen-bond donors (Lipinski definition) is 1. The summed E-state index contributed by atoms with van der Waals surface area (Å²) >= 11 is 6.21. The second kappa shape index (κ2) is 4.80. The molecule has 0 aliphatic heterocycles. The van der Waals surface area contributed by atoms with Gasteiger partial charge in [0, 0.05) is 12.1 Å². The lowest BCUT2D eigenvalue weighted by molar-refractivity contribution is 0.626. The Kier molecular flexibility index (Phi) is 3.10. The summed E-state index contributed by atoms with van der Waals surface area (Å²) in [6.07, 6.45) is 0.710. The van der Waals surface area contributed by atoms with Crippen LogP contribution in [0.5, 0.6) is 0 Å². The standard InChI is InChI=1S/C15H13ClFN3/c1-2-15-19-12-8-10(18)4-6-13(12)20(15)14-7-9(17)3-5-11(14)16/h3-8H,2,18H2,1H3. The Hall–Kier alpha value is -2.07. The van der Waals surface area contributed by atoms with Gasteiger partial charge in [-0.05, 0) is 36.4 Å². The maximum atomic E-state index is 13.5. The predicted octanol–water partition coefficient (Wildman–Crippen LogP) is 3.96. The molecule has 102 valence electrons. The summed E-state index contributed by atoms with van der Waals surface area (Å²) in [6, 6.07) is 9.78. The first-order valence-electron chi connectivity index (χ1n) is 6.32. The van der Waals surface area contributed by atoms with Crippen LogP contribution in [0.3, 0.4) is 0 Å². The molecule has 5 heteroatoms. The van der Waals surface area contributed by atoms with Crippen molar-refractivity contribution < 1.29 is 4.39 Å². The Labute approximate surface area is 120 Å². The van der Waals surface area contributed by atoms with Gasteiger partial charge in [-0.1, -0.05) is 18.5 Å². The minimum atomic E-state index is -0.330. The zero-order chi connectivity index (χ0) is 14.3. The van der Waals surface area contributed by atoms with Crippen LogP contribution in [0, 0.1) is 5.82 Å². The fourth-order valence-corrected chi connectivity index (χ4v) is 2.51. The summed E-state index contributed by atoms with van der Waals surface area (Å²) in [5.74, 6) is 0.488. The highest BCUT2D eigenvalue weighted by Gasteiger charge is 2.14. The van der Waals surface area contributed by atoms with Crippen LogP contribution in [0.25, 0.3) is 16.7 Å². The number of anilines is 1. The van der Waals surface area contributed by atoms with E-state index in [0.29, 0.717) is 22.8 Å². The Morgan fingerprint density at radius 3 is 2.80 bits per heavy atom. The molecule has 0 bridgehead atoms. The maximum Gasteiger partial charge on any atom is 0.125 e. The maximum absolute atomic E-state index is 13.5. The summed E-state index contributed by atoms with van der Waals surface area (Å²) in [5, 5.41) is 0.484. The van der Waals surface area contributed by atoms with Gasteiger partial charge in [0.15, 0.2) is 0 Å². The first kappa shape index (κ1) is 12.9. The Balaban J connectivity index is 2.37. The highest BCUT2D eigenvalue weighted by molar-refractivity contribution is 6.32. The second-order valence-corrected chi connectivity index (χ2v) is 4.97. The monoisotopic (exact) mass is 289 g/mol. The first-order chi connectivity index (χ1) is 9.60. The van der Waals surface area contributed by atoms with Crippen LogP contribution in [-0.2, 0) is 6.42 Å². The van der Waals surface area contributed by atoms with Crippen LogP contribution in [0.15, 0.2) is 36.4 Å². The Bertz CT molecular complexity index is 795. The third-order valence-corrected chi connectivity index (χ3v) is 3.53. The molecule has 0 unspecified atom stereocenters. The molecule has 0 amide bonds. The van der Waals surface area contributed by atoms with Crippen LogP contribution < -0.4 is 5.73 Å². The van der Waals surface area contributed by atoms with Crippen molar-refractivity contribution in [3.63, 3.8) is 0 Å². The van der Waals surface area contributed by atoms with E-state index in [9.17, 15) is 4.39 Å². The van der Waals surface area contributed by atoms with Gasteiger partial charge < -0.3 is 5.73 Å². The largest absolute Gasteiger partial charge is 0.399 e. The molecule has 1 heterocycles. The van der Waals surface area contributed by atoms with Crippen molar-refractivity contribution >= 4 is 28.3 Å². The Morgan fingerprint density at radius 2 is 2.05 bits per heavy atom. The molecule has 0 aliphatic carbocycles. The molecule has 2 N–H and O–H groups in total. The van der Waals surface area contributed by atoms with Crippen LogP contribution in [-0.4, -0.2) is 9.55 Å². The molecule has 0 atom stereocenters. The number of hydrogen-bond acceptors (Lipinski definition) is 2. The molecule has 0 radical (unpaired) electrons. The zero-order valence-electron chi connectivity index (χ0n) is 10.9. The zero-order valence-corrected chi connectivity index (χ0v) is 11.7. The first-order valence-corrected chi connectivity index (χ1v) is 6.70. The summed E-state index contributed by atoms with van der Waals surface area (Å²) in [7, 11) is 0. The lowest BCUT2D eigenvalue weighted by Gasteiger charge is -2.10. The van der Waals surface area contributed by atoms with Gasteiger partial charge >= 0.3 is 0 Å². The highest BCUT2D eigenvalue weighted by Crippen LogP contribution is 2.28. The van der Waals surface area contributed by atoms with Gasteiger partial charge in [0.1, 0.15) is 11.6 Å². The van der Waals surface area contributed by atoms with E-state index in [4.69, 9.17) is 17.3 Å². The topological polar surface area (TPSA) is 43.8 Å². The van der Waals surface area contributed by atoms with Crippen molar-refractivity contribution in [2.75, 3.05) is 5.73 Å². The van der Waals surface area contributed by atoms with Crippen LogP contribution in [0.4, 0.5) is 10.1 Å². The molecule has 0 saturated carbocycles. The van der Waals surface area contributed by atoms with E-state index in [0.717, 1.165) is 16.9 Å². The molecule has 20 heavy (non-hydrogen) atoms. The lowest BCUT2D eigenvalue weighted by Crippen LogP contribution is -2.01. The number of imidazole rings is 1.